The number of anilines is 1. The molecule has 0 bridgehead atoms. The molecule has 2 aliphatic rings. The van der Waals surface area contributed by atoms with Crippen molar-refractivity contribution < 1.29 is 4.79 Å². The summed E-state index contributed by atoms with van der Waals surface area (Å²) in [6.45, 7) is 3.60. The highest BCUT2D eigenvalue weighted by molar-refractivity contribution is 7.09. The maximum absolute atomic E-state index is 12.7. The minimum Gasteiger partial charge on any atom is -0.370 e. The fraction of sp³-hybridized carbons (Fsp3) is 0.474. The number of hydrogen-bond acceptors (Lipinski definition) is 4. The van der Waals surface area contributed by atoms with E-state index in [1.807, 2.05) is 11.6 Å². The molecular weight excluding hydrogens is 318 g/mol. The van der Waals surface area contributed by atoms with E-state index in [9.17, 15) is 4.79 Å². The largest absolute Gasteiger partial charge is 0.370 e. The van der Waals surface area contributed by atoms with Gasteiger partial charge in [-0.2, -0.15) is 0 Å². The number of fused-ring (bicyclic) bond motifs is 1. The summed E-state index contributed by atoms with van der Waals surface area (Å²) in [7, 11) is 0. The zero-order chi connectivity index (χ0) is 16.4. The van der Waals surface area contributed by atoms with Gasteiger partial charge in [0.2, 0.25) is 5.91 Å². The molecule has 4 rings (SSSR count). The minimum absolute atomic E-state index is 0.292. The Labute approximate surface area is 147 Å². The van der Waals surface area contributed by atoms with Gasteiger partial charge in [0.25, 0.3) is 0 Å². The standard InChI is InChI=1S/C19H23N3OS/c23-18(8-12-21-11-7-15-4-1-2-6-17(15)21)22-10-3-5-16(14-22)19-20-9-13-24-19/h1-2,4,6,9,13,16H,3,5,7-8,10-12,14H2. The molecule has 0 aliphatic carbocycles. The molecular formula is C19H23N3OS. The van der Waals surface area contributed by atoms with E-state index < -0.39 is 0 Å². The first kappa shape index (κ1) is 15.6. The molecule has 0 saturated carbocycles. The quantitative estimate of drug-likeness (QED) is 0.856. The Bertz CT molecular complexity index is 700. The van der Waals surface area contributed by atoms with Gasteiger partial charge in [-0.15, -0.1) is 11.3 Å². The lowest BCUT2D eigenvalue weighted by Crippen LogP contribution is -2.40. The summed E-state index contributed by atoms with van der Waals surface area (Å²) in [6, 6.07) is 8.55. The van der Waals surface area contributed by atoms with Crippen molar-refractivity contribution in [1.82, 2.24) is 9.88 Å². The number of benzene rings is 1. The molecule has 1 saturated heterocycles. The lowest BCUT2D eigenvalue weighted by Gasteiger charge is -2.32. The smallest absolute Gasteiger partial charge is 0.224 e. The molecule has 2 aromatic rings. The van der Waals surface area contributed by atoms with E-state index in [2.05, 4.69) is 39.0 Å². The second kappa shape index (κ2) is 6.93. The van der Waals surface area contributed by atoms with Crippen molar-refractivity contribution in [3.63, 3.8) is 0 Å². The number of amides is 1. The van der Waals surface area contributed by atoms with Gasteiger partial charge >= 0.3 is 0 Å². The molecule has 4 nitrogen and oxygen atoms in total. The van der Waals surface area contributed by atoms with Crippen molar-refractivity contribution in [2.75, 3.05) is 31.1 Å². The summed E-state index contributed by atoms with van der Waals surface area (Å²) in [5.41, 5.74) is 2.72. The molecule has 5 heteroatoms. The van der Waals surface area contributed by atoms with Crippen molar-refractivity contribution in [3.05, 3.63) is 46.4 Å². The Morgan fingerprint density at radius 3 is 3.08 bits per heavy atom. The highest BCUT2D eigenvalue weighted by Gasteiger charge is 2.27. The molecule has 1 fully saturated rings. The van der Waals surface area contributed by atoms with Crippen molar-refractivity contribution in [3.8, 4) is 0 Å². The fourth-order valence-electron chi connectivity index (χ4n) is 3.87. The van der Waals surface area contributed by atoms with Crippen LogP contribution in [-0.2, 0) is 11.2 Å². The van der Waals surface area contributed by atoms with E-state index in [0.29, 0.717) is 18.2 Å². The van der Waals surface area contributed by atoms with Crippen LogP contribution in [0.25, 0.3) is 0 Å². The lowest BCUT2D eigenvalue weighted by molar-refractivity contribution is -0.132. The molecule has 126 valence electrons. The Morgan fingerprint density at radius 1 is 1.29 bits per heavy atom. The van der Waals surface area contributed by atoms with Gasteiger partial charge in [0, 0.05) is 55.8 Å². The van der Waals surface area contributed by atoms with Gasteiger partial charge in [-0.05, 0) is 30.9 Å². The van der Waals surface area contributed by atoms with Gasteiger partial charge in [-0.25, -0.2) is 4.98 Å². The van der Waals surface area contributed by atoms with E-state index in [0.717, 1.165) is 45.4 Å². The van der Waals surface area contributed by atoms with E-state index in [1.165, 1.54) is 16.3 Å². The van der Waals surface area contributed by atoms with Crippen LogP contribution in [0.5, 0.6) is 0 Å². The van der Waals surface area contributed by atoms with Crippen LogP contribution in [0, 0.1) is 0 Å². The number of para-hydroxylation sites is 1. The van der Waals surface area contributed by atoms with Gasteiger partial charge in [0.1, 0.15) is 0 Å². The summed E-state index contributed by atoms with van der Waals surface area (Å²) >= 11 is 1.71. The minimum atomic E-state index is 0.292. The molecule has 2 aliphatic heterocycles. The van der Waals surface area contributed by atoms with Gasteiger partial charge in [0.05, 0.1) is 5.01 Å². The summed E-state index contributed by atoms with van der Waals surface area (Å²) in [5, 5.41) is 3.21. The molecule has 1 unspecified atom stereocenters. The molecule has 1 aromatic heterocycles. The first-order valence-electron chi connectivity index (χ1n) is 8.81. The summed E-state index contributed by atoms with van der Waals surface area (Å²) in [5.74, 6) is 0.718. The predicted octanol–water partition coefficient (Wildman–Crippen LogP) is 3.30. The molecule has 3 heterocycles. The Hall–Kier alpha value is -1.88. The highest BCUT2D eigenvalue weighted by Crippen LogP contribution is 2.29. The Morgan fingerprint density at radius 2 is 2.21 bits per heavy atom. The topological polar surface area (TPSA) is 36.4 Å². The van der Waals surface area contributed by atoms with E-state index in [4.69, 9.17) is 0 Å². The lowest BCUT2D eigenvalue weighted by atomic mass is 9.98. The predicted molar refractivity (Wildman–Crippen MR) is 97.6 cm³/mol. The molecule has 24 heavy (non-hydrogen) atoms. The third-order valence-electron chi connectivity index (χ3n) is 5.15. The molecule has 0 spiro atoms. The number of carbonyl (C=O) groups excluding carboxylic acids is 1. The van der Waals surface area contributed by atoms with Crippen LogP contribution in [-0.4, -0.2) is 42.0 Å². The maximum Gasteiger partial charge on any atom is 0.224 e. The van der Waals surface area contributed by atoms with E-state index >= 15 is 0 Å². The monoisotopic (exact) mass is 341 g/mol. The molecule has 1 amide bonds. The van der Waals surface area contributed by atoms with E-state index in [1.54, 1.807) is 11.3 Å². The highest BCUT2D eigenvalue weighted by atomic mass is 32.1. The van der Waals surface area contributed by atoms with E-state index in [-0.39, 0.29) is 0 Å². The van der Waals surface area contributed by atoms with Crippen LogP contribution < -0.4 is 4.90 Å². The van der Waals surface area contributed by atoms with Crippen molar-refractivity contribution >= 4 is 22.9 Å². The van der Waals surface area contributed by atoms with Crippen molar-refractivity contribution in [2.24, 2.45) is 0 Å². The van der Waals surface area contributed by atoms with Gasteiger partial charge in [0.15, 0.2) is 0 Å². The number of hydrogen-bond donors (Lipinski definition) is 0. The number of rotatable bonds is 4. The average molecular weight is 341 g/mol. The van der Waals surface area contributed by atoms with Gasteiger partial charge in [-0.3, -0.25) is 4.79 Å². The van der Waals surface area contributed by atoms with Crippen LogP contribution in [0.1, 0.15) is 35.8 Å². The first-order chi connectivity index (χ1) is 11.8. The Kier molecular flexibility index (Phi) is 4.52. The number of nitrogens with zero attached hydrogens (tertiary/aromatic N) is 3. The van der Waals surface area contributed by atoms with Crippen LogP contribution in [0.15, 0.2) is 35.8 Å². The maximum atomic E-state index is 12.7. The molecule has 1 atom stereocenters. The normalized spacial score (nSPS) is 20.2. The van der Waals surface area contributed by atoms with Crippen molar-refractivity contribution in [2.45, 2.75) is 31.6 Å². The number of piperidine rings is 1. The van der Waals surface area contributed by atoms with Crippen LogP contribution in [0.3, 0.4) is 0 Å². The average Bonchev–Trinajstić information content (AvgIpc) is 3.30. The molecule has 0 radical (unpaired) electrons. The number of carbonyl (C=O) groups is 1. The number of thiazole rings is 1. The number of likely N-dealkylation sites (tertiary alicyclic amines) is 1. The van der Waals surface area contributed by atoms with Crippen LogP contribution in [0.2, 0.25) is 0 Å². The molecule has 0 N–H and O–H groups in total. The summed E-state index contributed by atoms with van der Waals surface area (Å²) in [6.07, 6.45) is 5.81. The number of aromatic nitrogens is 1. The first-order valence-corrected chi connectivity index (χ1v) is 9.69. The van der Waals surface area contributed by atoms with Crippen molar-refractivity contribution in [1.29, 1.82) is 0 Å². The summed E-state index contributed by atoms with van der Waals surface area (Å²) < 4.78 is 0. The zero-order valence-corrected chi connectivity index (χ0v) is 14.7. The third kappa shape index (κ3) is 3.18. The second-order valence-corrected chi connectivity index (χ2v) is 7.59. The van der Waals surface area contributed by atoms with Crippen LogP contribution in [0.4, 0.5) is 5.69 Å². The fourth-order valence-corrected chi connectivity index (χ4v) is 4.64. The van der Waals surface area contributed by atoms with Gasteiger partial charge < -0.3 is 9.80 Å². The summed E-state index contributed by atoms with van der Waals surface area (Å²) in [4.78, 5) is 21.5. The van der Waals surface area contributed by atoms with Gasteiger partial charge in [-0.1, -0.05) is 18.2 Å². The van der Waals surface area contributed by atoms with Crippen LogP contribution >= 0.6 is 11.3 Å². The second-order valence-electron chi connectivity index (χ2n) is 6.67. The molecule has 1 aromatic carbocycles. The SMILES string of the molecule is O=C(CCN1CCc2ccccc21)N1CCCC(c2nccs2)C1. The Balaban J connectivity index is 1.33. The zero-order valence-electron chi connectivity index (χ0n) is 13.9. The third-order valence-corrected chi connectivity index (χ3v) is 6.09.